The molecule has 1 aliphatic heterocycles. The Kier molecular flexibility index (Phi) is 5.94. The predicted octanol–water partition coefficient (Wildman–Crippen LogP) is 3.13. The van der Waals surface area contributed by atoms with Gasteiger partial charge in [-0.2, -0.15) is 0 Å². The molecule has 2 nitrogen and oxygen atoms in total. The van der Waals surface area contributed by atoms with E-state index in [2.05, 4.69) is 51.8 Å². The number of nitrogens with one attached hydrogen (secondary N) is 1. The van der Waals surface area contributed by atoms with Gasteiger partial charge in [-0.25, -0.2) is 0 Å². The second-order valence-corrected chi connectivity index (χ2v) is 6.77. The topological polar surface area (TPSA) is 15.3 Å². The molecule has 0 bridgehead atoms. The highest BCUT2D eigenvalue weighted by atomic mass is 15.2. The summed E-state index contributed by atoms with van der Waals surface area (Å²) in [5.74, 6) is 1.60. The lowest BCUT2D eigenvalue weighted by Gasteiger charge is -2.44. The van der Waals surface area contributed by atoms with Crippen LogP contribution in [0.3, 0.4) is 0 Å². The summed E-state index contributed by atoms with van der Waals surface area (Å²) < 4.78 is 0. The van der Waals surface area contributed by atoms with Crippen LogP contribution in [0.4, 0.5) is 0 Å². The first-order chi connectivity index (χ1) is 7.90. The van der Waals surface area contributed by atoms with Gasteiger partial charge >= 0.3 is 0 Å². The Morgan fingerprint density at radius 3 is 2.06 bits per heavy atom. The highest BCUT2D eigenvalue weighted by molar-refractivity contribution is 4.87. The van der Waals surface area contributed by atoms with Gasteiger partial charge < -0.3 is 5.32 Å². The van der Waals surface area contributed by atoms with E-state index < -0.39 is 0 Å². The smallest absolute Gasteiger partial charge is 0.0196 e. The van der Waals surface area contributed by atoms with Crippen molar-refractivity contribution in [2.45, 2.75) is 72.5 Å². The van der Waals surface area contributed by atoms with Crippen molar-refractivity contribution >= 4 is 0 Å². The predicted molar refractivity (Wildman–Crippen MR) is 76.3 cm³/mol. The average Bonchev–Trinajstić information content (AvgIpc) is 2.19. The summed E-state index contributed by atoms with van der Waals surface area (Å²) >= 11 is 0. The molecule has 0 aromatic heterocycles. The zero-order valence-corrected chi connectivity index (χ0v) is 12.7. The summed E-state index contributed by atoms with van der Waals surface area (Å²) in [6, 6.07) is 2.11. The second-order valence-electron chi connectivity index (χ2n) is 6.77. The molecule has 17 heavy (non-hydrogen) atoms. The number of hydrogen-bond donors (Lipinski definition) is 1. The maximum absolute atomic E-state index is 3.58. The van der Waals surface area contributed by atoms with E-state index in [1.807, 2.05) is 0 Å². The summed E-state index contributed by atoms with van der Waals surface area (Å²) in [6.07, 6.45) is 2.68. The number of piperazine rings is 1. The van der Waals surface area contributed by atoms with E-state index in [0.717, 1.165) is 24.4 Å². The first-order valence-electron chi connectivity index (χ1n) is 7.39. The fourth-order valence-electron chi connectivity index (χ4n) is 3.01. The fourth-order valence-corrected chi connectivity index (χ4v) is 3.01. The van der Waals surface area contributed by atoms with Crippen LogP contribution < -0.4 is 5.32 Å². The minimum Gasteiger partial charge on any atom is -0.311 e. The van der Waals surface area contributed by atoms with Crippen LogP contribution >= 0.6 is 0 Å². The largest absolute Gasteiger partial charge is 0.311 e. The zero-order chi connectivity index (χ0) is 13.0. The van der Waals surface area contributed by atoms with Gasteiger partial charge in [0.15, 0.2) is 0 Å². The van der Waals surface area contributed by atoms with Crippen LogP contribution in [0.1, 0.15) is 54.4 Å². The number of hydrogen-bond acceptors (Lipinski definition) is 2. The normalized spacial score (nSPS) is 27.4. The van der Waals surface area contributed by atoms with Crippen LogP contribution in [0.25, 0.3) is 0 Å². The number of nitrogens with zero attached hydrogens (tertiary/aromatic N) is 1. The molecule has 102 valence electrons. The van der Waals surface area contributed by atoms with Crippen molar-refractivity contribution in [3.05, 3.63) is 0 Å². The quantitative estimate of drug-likeness (QED) is 0.794. The van der Waals surface area contributed by atoms with Crippen LogP contribution in [0.15, 0.2) is 0 Å². The van der Waals surface area contributed by atoms with Crippen molar-refractivity contribution in [3.8, 4) is 0 Å². The summed E-state index contributed by atoms with van der Waals surface area (Å²) in [5.41, 5.74) is 0. The third-order valence-corrected chi connectivity index (χ3v) is 3.77. The molecule has 0 radical (unpaired) electrons. The second kappa shape index (κ2) is 6.75. The van der Waals surface area contributed by atoms with Gasteiger partial charge in [0.1, 0.15) is 0 Å². The Labute approximate surface area is 108 Å². The summed E-state index contributed by atoms with van der Waals surface area (Å²) in [5, 5.41) is 3.58. The first kappa shape index (κ1) is 15.0. The van der Waals surface area contributed by atoms with E-state index in [1.165, 1.54) is 19.4 Å². The van der Waals surface area contributed by atoms with Crippen molar-refractivity contribution in [2.75, 3.05) is 13.1 Å². The maximum Gasteiger partial charge on any atom is 0.0196 e. The van der Waals surface area contributed by atoms with Gasteiger partial charge in [0.25, 0.3) is 0 Å². The molecular formula is C15H32N2. The standard InChI is InChI=1S/C15H32N2/c1-11(2)7-15(8-12(3)4)17-10-13(5)16-9-14(17)6/h11-16H,7-10H2,1-6H3. The van der Waals surface area contributed by atoms with Gasteiger partial charge in [0.2, 0.25) is 0 Å². The zero-order valence-electron chi connectivity index (χ0n) is 12.7. The highest BCUT2D eigenvalue weighted by Gasteiger charge is 2.29. The molecule has 2 heteroatoms. The van der Waals surface area contributed by atoms with Gasteiger partial charge in [-0.1, -0.05) is 27.7 Å². The molecule has 0 amide bonds. The Bertz CT molecular complexity index is 203. The van der Waals surface area contributed by atoms with Crippen LogP contribution in [0, 0.1) is 11.8 Å². The van der Waals surface area contributed by atoms with Gasteiger partial charge in [0.05, 0.1) is 0 Å². The third kappa shape index (κ3) is 4.97. The summed E-state index contributed by atoms with van der Waals surface area (Å²) in [4.78, 5) is 2.75. The molecule has 2 unspecified atom stereocenters. The molecule has 0 aliphatic carbocycles. The molecule has 0 spiro atoms. The molecule has 0 aromatic rings. The molecule has 2 atom stereocenters. The van der Waals surface area contributed by atoms with Crippen molar-refractivity contribution in [1.82, 2.24) is 10.2 Å². The van der Waals surface area contributed by atoms with E-state index >= 15 is 0 Å². The van der Waals surface area contributed by atoms with Crippen molar-refractivity contribution < 1.29 is 0 Å². The highest BCUT2D eigenvalue weighted by Crippen LogP contribution is 2.23. The average molecular weight is 240 g/mol. The monoisotopic (exact) mass is 240 g/mol. The lowest BCUT2D eigenvalue weighted by molar-refractivity contribution is 0.0713. The molecule has 1 saturated heterocycles. The third-order valence-electron chi connectivity index (χ3n) is 3.77. The summed E-state index contributed by atoms with van der Waals surface area (Å²) in [6.45, 7) is 16.4. The van der Waals surface area contributed by atoms with E-state index in [9.17, 15) is 0 Å². The molecule has 0 aromatic carbocycles. The molecule has 1 aliphatic rings. The van der Waals surface area contributed by atoms with Crippen molar-refractivity contribution in [2.24, 2.45) is 11.8 Å². The van der Waals surface area contributed by atoms with E-state index in [-0.39, 0.29) is 0 Å². The van der Waals surface area contributed by atoms with Crippen molar-refractivity contribution in [3.63, 3.8) is 0 Å². The number of rotatable bonds is 5. The van der Waals surface area contributed by atoms with Gasteiger partial charge in [0, 0.05) is 31.2 Å². The molecule has 1 N–H and O–H groups in total. The lowest BCUT2D eigenvalue weighted by Crippen LogP contribution is -2.58. The lowest BCUT2D eigenvalue weighted by atomic mass is 9.92. The van der Waals surface area contributed by atoms with Crippen LogP contribution in [0.2, 0.25) is 0 Å². The molecule has 1 fully saturated rings. The van der Waals surface area contributed by atoms with E-state index in [0.29, 0.717) is 12.1 Å². The SMILES string of the molecule is CC(C)CC(CC(C)C)N1CC(C)NCC1C. The minimum absolute atomic E-state index is 0.646. The van der Waals surface area contributed by atoms with Crippen molar-refractivity contribution in [1.29, 1.82) is 0 Å². The Morgan fingerprint density at radius 2 is 1.59 bits per heavy atom. The van der Waals surface area contributed by atoms with Gasteiger partial charge in [-0.3, -0.25) is 4.90 Å². The van der Waals surface area contributed by atoms with E-state index in [4.69, 9.17) is 0 Å². The van der Waals surface area contributed by atoms with E-state index in [1.54, 1.807) is 0 Å². The Morgan fingerprint density at radius 1 is 1.06 bits per heavy atom. The summed E-state index contributed by atoms with van der Waals surface area (Å²) in [7, 11) is 0. The molecule has 1 rings (SSSR count). The Balaban J connectivity index is 2.65. The van der Waals surface area contributed by atoms with Gasteiger partial charge in [-0.15, -0.1) is 0 Å². The fraction of sp³-hybridized carbons (Fsp3) is 1.00. The van der Waals surface area contributed by atoms with Crippen LogP contribution in [0.5, 0.6) is 0 Å². The molecule has 0 saturated carbocycles. The Hall–Kier alpha value is -0.0800. The van der Waals surface area contributed by atoms with Crippen LogP contribution in [-0.2, 0) is 0 Å². The maximum atomic E-state index is 3.58. The minimum atomic E-state index is 0.646. The first-order valence-corrected chi connectivity index (χ1v) is 7.39. The van der Waals surface area contributed by atoms with Crippen LogP contribution in [-0.4, -0.2) is 36.1 Å². The van der Waals surface area contributed by atoms with Gasteiger partial charge in [-0.05, 0) is 38.5 Å². The molecular weight excluding hydrogens is 208 g/mol. The molecule has 1 heterocycles.